The van der Waals surface area contributed by atoms with E-state index in [2.05, 4.69) is 10.6 Å². The summed E-state index contributed by atoms with van der Waals surface area (Å²) in [7, 11) is -8.94. The summed E-state index contributed by atoms with van der Waals surface area (Å²) in [5.74, 6) is -5.80. The first-order valence-corrected chi connectivity index (χ1v) is 14.8. The quantitative estimate of drug-likeness (QED) is 0.407. The normalized spacial score (nSPS) is 22.4. The van der Waals surface area contributed by atoms with Gasteiger partial charge < -0.3 is 15.7 Å². The van der Waals surface area contributed by atoms with Crippen LogP contribution in [-0.2, 0) is 34.4 Å². The fraction of sp³-hybridized carbons (Fsp3) is 0.318. The Bertz CT molecular complexity index is 1360. The summed E-state index contributed by atoms with van der Waals surface area (Å²) < 4.78 is 55.5. The van der Waals surface area contributed by atoms with Gasteiger partial charge >= 0.3 is 5.97 Å². The minimum Gasteiger partial charge on any atom is -0.481 e. The average molecular weight is 605 g/mol. The number of nitrogens with zero attached hydrogens (tertiary/aromatic N) is 2. The summed E-state index contributed by atoms with van der Waals surface area (Å²) in [6.07, 6.45) is 0. The maximum absolute atomic E-state index is 13.5. The van der Waals surface area contributed by atoms with Gasteiger partial charge in [0.25, 0.3) is 0 Å². The van der Waals surface area contributed by atoms with Gasteiger partial charge in [0.15, 0.2) is 0 Å². The number of halogens is 2. The van der Waals surface area contributed by atoms with E-state index in [4.69, 9.17) is 23.2 Å². The lowest BCUT2D eigenvalue weighted by Gasteiger charge is -2.43. The Morgan fingerprint density at radius 2 is 1.11 bits per heavy atom. The number of piperazine rings is 2. The van der Waals surface area contributed by atoms with E-state index in [0.717, 1.165) is 0 Å². The molecule has 2 heterocycles. The average Bonchev–Trinajstić information content (AvgIpc) is 2.86. The van der Waals surface area contributed by atoms with Crippen LogP contribution in [0.15, 0.2) is 58.3 Å². The zero-order chi connectivity index (χ0) is 27.8. The van der Waals surface area contributed by atoms with Crippen LogP contribution >= 0.6 is 23.2 Å². The van der Waals surface area contributed by atoms with Crippen LogP contribution in [0.4, 0.5) is 0 Å². The zero-order valence-corrected chi connectivity index (χ0v) is 22.6. The predicted octanol–water partition coefficient (Wildman–Crippen LogP) is 0.373. The Morgan fingerprint density at radius 1 is 0.763 bits per heavy atom. The highest BCUT2D eigenvalue weighted by atomic mass is 35.5. The maximum atomic E-state index is 13.5. The van der Waals surface area contributed by atoms with Crippen molar-refractivity contribution in [2.24, 2.45) is 5.92 Å². The van der Waals surface area contributed by atoms with Gasteiger partial charge in [-0.15, -0.1) is 0 Å². The SMILES string of the molecule is O=C(O)C(C1C(=O)NCCN1S(=O)(=O)c1ccc(Cl)cc1)C1C(=O)NCCN1S(=O)(=O)c1ccc(Cl)cc1. The highest BCUT2D eigenvalue weighted by Gasteiger charge is 2.55. The molecular weight excluding hydrogens is 583 g/mol. The molecule has 4 rings (SSSR count). The number of benzene rings is 2. The Kier molecular flexibility index (Phi) is 8.02. The molecule has 12 nitrogen and oxygen atoms in total. The summed E-state index contributed by atoms with van der Waals surface area (Å²) in [5, 5.41) is 15.6. The van der Waals surface area contributed by atoms with Crippen LogP contribution < -0.4 is 10.6 Å². The second-order valence-electron chi connectivity index (χ2n) is 8.48. The van der Waals surface area contributed by atoms with Crippen molar-refractivity contribution < 1.29 is 36.3 Å². The summed E-state index contributed by atoms with van der Waals surface area (Å²) in [6, 6.07) is 6.16. The van der Waals surface area contributed by atoms with Gasteiger partial charge in [-0.25, -0.2) is 16.8 Å². The molecule has 16 heteroatoms. The van der Waals surface area contributed by atoms with Crippen LogP contribution in [0.2, 0.25) is 10.0 Å². The van der Waals surface area contributed by atoms with Crippen LogP contribution in [-0.4, -0.2) is 86.6 Å². The number of aliphatic carboxylic acids is 1. The van der Waals surface area contributed by atoms with Crippen LogP contribution in [0.1, 0.15) is 0 Å². The van der Waals surface area contributed by atoms with Crippen molar-refractivity contribution in [3.63, 3.8) is 0 Å². The highest BCUT2D eigenvalue weighted by Crippen LogP contribution is 2.32. The molecule has 2 atom stereocenters. The number of amides is 2. The highest BCUT2D eigenvalue weighted by molar-refractivity contribution is 7.89. The van der Waals surface area contributed by atoms with E-state index in [1.807, 2.05) is 0 Å². The van der Waals surface area contributed by atoms with Crippen molar-refractivity contribution in [1.29, 1.82) is 0 Å². The molecule has 204 valence electrons. The van der Waals surface area contributed by atoms with Crippen molar-refractivity contribution in [3.05, 3.63) is 58.6 Å². The molecule has 3 N–H and O–H groups in total. The molecule has 0 aliphatic carbocycles. The molecular formula is C22H22Cl2N4O8S2. The lowest BCUT2D eigenvalue weighted by atomic mass is 9.88. The monoisotopic (exact) mass is 604 g/mol. The summed E-state index contributed by atoms with van der Waals surface area (Å²) >= 11 is 11.7. The molecule has 0 saturated carbocycles. The Morgan fingerprint density at radius 3 is 1.42 bits per heavy atom. The Labute approximate surface area is 228 Å². The van der Waals surface area contributed by atoms with Crippen LogP contribution in [0, 0.1) is 5.92 Å². The number of nitrogens with one attached hydrogen (secondary N) is 2. The minimum atomic E-state index is -4.47. The first-order chi connectivity index (χ1) is 17.9. The van der Waals surface area contributed by atoms with Gasteiger partial charge in [-0.1, -0.05) is 23.2 Å². The van der Waals surface area contributed by atoms with Gasteiger partial charge in [-0.2, -0.15) is 8.61 Å². The molecule has 2 aliphatic heterocycles. The van der Waals surface area contributed by atoms with E-state index < -0.39 is 55.8 Å². The van der Waals surface area contributed by atoms with E-state index in [1.165, 1.54) is 48.5 Å². The molecule has 2 aromatic carbocycles. The number of hydrogen-bond donors (Lipinski definition) is 3. The van der Waals surface area contributed by atoms with E-state index in [-0.39, 0.29) is 46.0 Å². The van der Waals surface area contributed by atoms with E-state index in [0.29, 0.717) is 8.61 Å². The smallest absolute Gasteiger partial charge is 0.310 e. The Balaban J connectivity index is 1.83. The Hall–Kier alpha value is -2.75. The first-order valence-electron chi connectivity index (χ1n) is 11.2. The third kappa shape index (κ3) is 5.24. The van der Waals surface area contributed by atoms with E-state index in [9.17, 15) is 36.3 Å². The van der Waals surface area contributed by atoms with Gasteiger partial charge in [0.05, 0.1) is 9.79 Å². The third-order valence-electron chi connectivity index (χ3n) is 6.23. The van der Waals surface area contributed by atoms with Gasteiger partial charge in [0, 0.05) is 36.2 Å². The van der Waals surface area contributed by atoms with Crippen molar-refractivity contribution in [2.75, 3.05) is 26.2 Å². The molecule has 2 aromatic rings. The zero-order valence-electron chi connectivity index (χ0n) is 19.5. The molecule has 0 radical (unpaired) electrons. The van der Waals surface area contributed by atoms with E-state index in [1.54, 1.807) is 0 Å². The molecule has 2 amide bonds. The topological polar surface area (TPSA) is 170 Å². The molecule has 38 heavy (non-hydrogen) atoms. The van der Waals surface area contributed by atoms with Crippen LogP contribution in [0.5, 0.6) is 0 Å². The molecule has 2 fully saturated rings. The maximum Gasteiger partial charge on any atom is 0.310 e. The lowest BCUT2D eigenvalue weighted by molar-refractivity contribution is -0.154. The van der Waals surface area contributed by atoms with Gasteiger partial charge in [0.1, 0.15) is 18.0 Å². The number of rotatable bonds is 7. The van der Waals surface area contributed by atoms with Crippen molar-refractivity contribution in [3.8, 4) is 0 Å². The minimum absolute atomic E-state index is 0.127. The second-order valence-corrected chi connectivity index (χ2v) is 13.1. The van der Waals surface area contributed by atoms with Crippen molar-refractivity contribution in [1.82, 2.24) is 19.2 Å². The number of carboxylic acid groups (broad SMARTS) is 1. The number of carboxylic acids is 1. The second kappa shape index (κ2) is 10.8. The molecule has 0 spiro atoms. The van der Waals surface area contributed by atoms with Crippen molar-refractivity contribution in [2.45, 2.75) is 21.9 Å². The van der Waals surface area contributed by atoms with Gasteiger partial charge in [-0.05, 0) is 48.5 Å². The summed E-state index contributed by atoms with van der Waals surface area (Å²) in [6.45, 7) is -0.886. The fourth-order valence-electron chi connectivity index (χ4n) is 4.48. The number of carbonyl (C=O) groups excluding carboxylic acids is 2. The number of sulfonamides is 2. The van der Waals surface area contributed by atoms with Gasteiger partial charge in [-0.3, -0.25) is 14.4 Å². The first kappa shape index (κ1) is 28.3. The van der Waals surface area contributed by atoms with E-state index >= 15 is 0 Å². The molecule has 2 aliphatic rings. The fourth-order valence-corrected chi connectivity index (χ4v) is 7.95. The number of hydrogen-bond acceptors (Lipinski definition) is 7. The summed E-state index contributed by atoms with van der Waals surface area (Å²) in [5.41, 5.74) is 0. The largest absolute Gasteiger partial charge is 0.481 e. The van der Waals surface area contributed by atoms with Gasteiger partial charge in [0.2, 0.25) is 31.9 Å². The molecule has 2 unspecified atom stereocenters. The molecule has 2 saturated heterocycles. The third-order valence-corrected chi connectivity index (χ3v) is 10.5. The lowest BCUT2D eigenvalue weighted by Crippen LogP contribution is -2.69. The number of carbonyl (C=O) groups is 3. The van der Waals surface area contributed by atoms with Crippen molar-refractivity contribution >= 4 is 61.0 Å². The van der Waals surface area contributed by atoms with Crippen LogP contribution in [0.3, 0.4) is 0 Å². The standard InChI is InChI=1S/C22H22Cl2N4O8S2/c23-13-1-5-15(6-2-13)37(33,34)27-11-9-25-20(29)18(27)17(22(31)32)19-21(30)26-10-12-28(19)38(35,36)16-7-3-14(24)4-8-16/h1-8,17-19H,9-12H2,(H,25,29)(H,26,30)(H,31,32). The predicted molar refractivity (Wildman–Crippen MR) is 135 cm³/mol. The van der Waals surface area contributed by atoms with Crippen LogP contribution in [0.25, 0.3) is 0 Å². The molecule has 0 aromatic heterocycles. The summed E-state index contributed by atoms with van der Waals surface area (Å²) in [4.78, 5) is 38.3. The molecule has 0 bridgehead atoms.